The quantitative estimate of drug-likeness (QED) is 0.608. The highest BCUT2D eigenvalue weighted by Gasteiger charge is 2.26. The largest absolute Gasteiger partial charge is 0.378 e. The topological polar surface area (TPSA) is 96.0 Å². The Morgan fingerprint density at radius 1 is 1.03 bits per heavy atom. The van der Waals surface area contributed by atoms with Gasteiger partial charge in [-0.2, -0.15) is 0 Å². The van der Waals surface area contributed by atoms with E-state index in [1.165, 1.54) is 0 Å². The molecule has 2 N–H and O–H groups in total. The number of rotatable bonds is 5. The molecule has 36 heavy (non-hydrogen) atoms. The molecule has 5 rings (SSSR count). The van der Waals surface area contributed by atoms with Crippen LogP contribution >= 0.6 is 9.24 Å². The molecule has 3 aliphatic heterocycles. The number of anilines is 1. The SMILES string of the molecule is CC1C=CN=C(N2CCN(CCN)CC2)C(c2cc(-c3ccc(P)nc3)nc(N3CCOCC3)n2)=C1. The lowest BCUT2D eigenvalue weighted by Crippen LogP contribution is -2.50. The highest BCUT2D eigenvalue weighted by molar-refractivity contribution is 7.26. The first-order chi connectivity index (χ1) is 17.6. The number of ether oxygens (including phenoxy) is 1. The Labute approximate surface area is 215 Å². The summed E-state index contributed by atoms with van der Waals surface area (Å²) in [5, 5.41) is 0. The van der Waals surface area contributed by atoms with Gasteiger partial charge in [0, 0.05) is 75.9 Å². The number of hydrogen-bond donors (Lipinski definition) is 1. The molecule has 10 heteroatoms. The number of piperazine rings is 1. The summed E-state index contributed by atoms with van der Waals surface area (Å²) < 4.78 is 5.58. The second-order valence-electron chi connectivity index (χ2n) is 9.36. The van der Waals surface area contributed by atoms with Gasteiger partial charge in [0.25, 0.3) is 0 Å². The lowest BCUT2D eigenvalue weighted by Gasteiger charge is -2.37. The Bertz CT molecular complexity index is 1140. The molecule has 2 atom stereocenters. The first-order valence-corrected chi connectivity index (χ1v) is 13.3. The van der Waals surface area contributed by atoms with Crippen molar-refractivity contribution in [1.29, 1.82) is 0 Å². The second-order valence-corrected chi connectivity index (χ2v) is 9.95. The molecular formula is C26H35N8OP. The fraction of sp³-hybridized carbons (Fsp3) is 0.462. The lowest BCUT2D eigenvalue weighted by atomic mass is 10.0. The van der Waals surface area contributed by atoms with E-state index in [0.29, 0.717) is 19.8 Å². The Balaban J connectivity index is 1.54. The van der Waals surface area contributed by atoms with Crippen molar-refractivity contribution in [3.8, 4) is 11.3 Å². The van der Waals surface area contributed by atoms with Gasteiger partial charge in [0.1, 0.15) is 5.84 Å². The first kappa shape index (κ1) is 25.0. The molecule has 190 valence electrons. The predicted octanol–water partition coefficient (Wildman–Crippen LogP) is 1.40. The van der Waals surface area contributed by atoms with E-state index in [0.717, 1.165) is 85.6 Å². The van der Waals surface area contributed by atoms with Gasteiger partial charge in [-0.05, 0) is 24.1 Å². The third-order valence-electron chi connectivity index (χ3n) is 6.74. The molecule has 0 aromatic carbocycles. The summed E-state index contributed by atoms with van der Waals surface area (Å²) in [6, 6.07) is 6.12. The molecule has 2 saturated heterocycles. The maximum Gasteiger partial charge on any atom is 0.226 e. The molecule has 0 amide bonds. The van der Waals surface area contributed by atoms with Crippen LogP contribution in [0, 0.1) is 5.92 Å². The maximum absolute atomic E-state index is 5.79. The number of nitrogens with two attached hydrogens (primary N) is 1. The Hall–Kier alpha value is -2.71. The van der Waals surface area contributed by atoms with Gasteiger partial charge in [0.05, 0.1) is 30.0 Å². The number of nitrogens with zero attached hydrogens (tertiary/aromatic N) is 7. The fourth-order valence-corrected chi connectivity index (χ4v) is 4.88. The second kappa shape index (κ2) is 11.6. The number of pyridine rings is 1. The standard InChI is InChI=1S/C26H35N8OP/c1-19-4-6-28-25(33-10-8-32(7-5-27)9-11-33)21(16-19)23-17-22(20-2-3-24(36)29-18-20)30-26(31-23)34-12-14-35-15-13-34/h2-4,6,16-19H,5,7-15,27,36H2,1H3. The molecule has 2 unspecified atom stereocenters. The minimum atomic E-state index is 0.239. The van der Waals surface area contributed by atoms with Gasteiger partial charge in [0.15, 0.2) is 0 Å². The van der Waals surface area contributed by atoms with Crippen LogP contribution in [0.4, 0.5) is 5.95 Å². The van der Waals surface area contributed by atoms with Crippen molar-refractivity contribution < 1.29 is 4.74 Å². The normalized spacial score (nSPS) is 21.2. The molecule has 3 aliphatic rings. The van der Waals surface area contributed by atoms with E-state index in [1.807, 2.05) is 18.5 Å². The molecule has 0 bridgehead atoms. The van der Waals surface area contributed by atoms with Crippen molar-refractivity contribution in [3.05, 3.63) is 48.4 Å². The molecular weight excluding hydrogens is 471 g/mol. The van der Waals surface area contributed by atoms with E-state index < -0.39 is 0 Å². The lowest BCUT2D eigenvalue weighted by molar-refractivity contribution is 0.122. The van der Waals surface area contributed by atoms with Gasteiger partial charge in [-0.15, -0.1) is 0 Å². The predicted molar refractivity (Wildman–Crippen MR) is 148 cm³/mol. The zero-order valence-corrected chi connectivity index (χ0v) is 22.0. The number of amidine groups is 1. The number of morpholine rings is 1. The van der Waals surface area contributed by atoms with Crippen molar-refractivity contribution in [2.75, 3.05) is 70.5 Å². The van der Waals surface area contributed by atoms with E-state index in [1.54, 1.807) is 0 Å². The van der Waals surface area contributed by atoms with Crippen LogP contribution in [0.5, 0.6) is 0 Å². The van der Waals surface area contributed by atoms with E-state index >= 15 is 0 Å². The van der Waals surface area contributed by atoms with E-state index in [4.69, 9.17) is 25.4 Å². The summed E-state index contributed by atoms with van der Waals surface area (Å²) >= 11 is 0. The van der Waals surface area contributed by atoms with Gasteiger partial charge >= 0.3 is 0 Å². The Morgan fingerprint density at radius 3 is 2.53 bits per heavy atom. The van der Waals surface area contributed by atoms with Crippen molar-refractivity contribution in [2.24, 2.45) is 16.6 Å². The summed E-state index contributed by atoms with van der Waals surface area (Å²) in [5.74, 6) is 1.93. The zero-order valence-electron chi connectivity index (χ0n) is 20.9. The number of aromatic nitrogens is 3. The van der Waals surface area contributed by atoms with Crippen LogP contribution in [0.1, 0.15) is 12.6 Å². The fourth-order valence-electron chi connectivity index (χ4n) is 4.71. The number of allylic oxidation sites excluding steroid dienone is 2. The molecule has 0 spiro atoms. The highest BCUT2D eigenvalue weighted by Crippen LogP contribution is 2.28. The van der Waals surface area contributed by atoms with Crippen molar-refractivity contribution in [2.45, 2.75) is 6.92 Å². The number of aliphatic imine (C=N–C) groups is 1. The summed E-state index contributed by atoms with van der Waals surface area (Å²) in [5.41, 5.74) is 10.4. The van der Waals surface area contributed by atoms with Gasteiger partial charge in [0.2, 0.25) is 5.95 Å². The molecule has 2 fully saturated rings. The average molecular weight is 507 g/mol. The smallest absolute Gasteiger partial charge is 0.226 e. The van der Waals surface area contributed by atoms with Crippen LogP contribution in [0.2, 0.25) is 0 Å². The van der Waals surface area contributed by atoms with Gasteiger partial charge in [-0.25, -0.2) is 15.0 Å². The van der Waals surface area contributed by atoms with Crippen LogP contribution in [0.25, 0.3) is 16.8 Å². The summed E-state index contributed by atoms with van der Waals surface area (Å²) in [7, 11) is 2.64. The third kappa shape index (κ3) is 5.81. The molecule has 0 radical (unpaired) electrons. The molecule has 0 saturated carbocycles. The molecule has 5 heterocycles. The molecule has 2 aromatic heterocycles. The monoisotopic (exact) mass is 506 g/mol. The molecule has 2 aromatic rings. The first-order valence-electron chi connectivity index (χ1n) is 12.7. The maximum atomic E-state index is 5.79. The van der Waals surface area contributed by atoms with Gasteiger partial charge in [-0.1, -0.05) is 28.3 Å². The van der Waals surface area contributed by atoms with Crippen LogP contribution < -0.4 is 16.1 Å². The van der Waals surface area contributed by atoms with Crippen LogP contribution in [-0.2, 0) is 4.74 Å². The number of hydrogen-bond acceptors (Lipinski definition) is 9. The Morgan fingerprint density at radius 2 is 1.81 bits per heavy atom. The third-order valence-corrected chi connectivity index (χ3v) is 7.08. The minimum Gasteiger partial charge on any atom is -0.378 e. The van der Waals surface area contributed by atoms with E-state index in [-0.39, 0.29) is 5.92 Å². The summed E-state index contributed by atoms with van der Waals surface area (Å²) in [4.78, 5) is 26.4. The minimum absolute atomic E-state index is 0.239. The van der Waals surface area contributed by atoms with E-state index in [9.17, 15) is 0 Å². The van der Waals surface area contributed by atoms with Crippen molar-refractivity contribution in [1.82, 2.24) is 24.8 Å². The average Bonchev–Trinajstić information content (AvgIpc) is 3.11. The van der Waals surface area contributed by atoms with Crippen LogP contribution in [-0.4, -0.2) is 96.2 Å². The van der Waals surface area contributed by atoms with Crippen LogP contribution in [0.3, 0.4) is 0 Å². The van der Waals surface area contributed by atoms with Crippen molar-refractivity contribution >= 4 is 32.0 Å². The Kier molecular flexibility index (Phi) is 8.02. The van der Waals surface area contributed by atoms with Gasteiger partial charge < -0.3 is 20.3 Å². The van der Waals surface area contributed by atoms with E-state index in [2.05, 4.69) is 60.1 Å². The van der Waals surface area contributed by atoms with Gasteiger partial charge in [-0.3, -0.25) is 9.88 Å². The molecule has 0 aliphatic carbocycles. The zero-order chi connectivity index (χ0) is 24.9. The van der Waals surface area contributed by atoms with Crippen LogP contribution in [0.15, 0.2) is 47.7 Å². The summed E-state index contributed by atoms with van der Waals surface area (Å²) in [6.45, 7) is 10.5. The highest BCUT2D eigenvalue weighted by atomic mass is 31.0. The summed E-state index contributed by atoms with van der Waals surface area (Å²) in [6.07, 6.45) is 8.20. The van der Waals surface area contributed by atoms with Crippen molar-refractivity contribution in [3.63, 3.8) is 0 Å². The molecule has 9 nitrogen and oxygen atoms in total.